The van der Waals surface area contributed by atoms with Crippen molar-refractivity contribution in [1.82, 2.24) is 15.1 Å². The van der Waals surface area contributed by atoms with Gasteiger partial charge in [-0.2, -0.15) is 0 Å². The highest BCUT2D eigenvalue weighted by molar-refractivity contribution is 7.89. The summed E-state index contributed by atoms with van der Waals surface area (Å²) < 4.78 is 22.6. The van der Waals surface area contributed by atoms with Gasteiger partial charge in [-0.15, -0.1) is 0 Å². The molecule has 3 rings (SSSR count). The molecule has 8 nitrogen and oxygen atoms in total. The number of piperazine rings is 1. The number of carbonyl (C=O) groups is 2. The second kappa shape index (κ2) is 10.0. The van der Waals surface area contributed by atoms with Crippen LogP contribution in [0.4, 0.5) is 0 Å². The van der Waals surface area contributed by atoms with Crippen molar-refractivity contribution in [2.45, 2.75) is 24.8 Å². The molecule has 3 N–H and O–H groups in total. The molecular formula is C22H28N4O4S. The summed E-state index contributed by atoms with van der Waals surface area (Å²) in [6.45, 7) is 5.06. The fourth-order valence-electron chi connectivity index (χ4n) is 3.43. The van der Waals surface area contributed by atoms with Gasteiger partial charge in [-0.25, -0.2) is 13.6 Å². The lowest BCUT2D eigenvalue weighted by Gasteiger charge is -2.34. The Balaban J connectivity index is 1.42. The van der Waals surface area contributed by atoms with Crippen LogP contribution in [0.3, 0.4) is 0 Å². The van der Waals surface area contributed by atoms with Gasteiger partial charge in [0.2, 0.25) is 15.9 Å². The summed E-state index contributed by atoms with van der Waals surface area (Å²) in [5.41, 5.74) is 2.68. The molecule has 0 aliphatic carbocycles. The maximum Gasteiger partial charge on any atom is 0.253 e. The largest absolute Gasteiger partial charge is 0.351 e. The Morgan fingerprint density at radius 2 is 1.52 bits per heavy atom. The van der Waals surface area contributed by atoms with Gasteiger partial charge in [-0.3, -0.25) is 14.5 Å². The number of nitrogens with two attached hydrogens (primary N) is 1. The van der Waals surface area contributed by atoms with Gasteiger partial charge in [0.15, 0.2) is 0 Å². The van der Waals surface area contributed by atoms with Gasteiger partial charge in [0.25, 0.3) is 5.91 Å². The minimum Gasteiger partial charge on any atom is -0.351 e. The third-order valence-corrected chi connectivity index (χ3v) is 6.31. The zero-order valence-corrected chi connectivity index (χ0v) is 18.4. The SMILES string of the molecule is CCc1ccc(C(=O)N2CCN(CC(=O)NCc3ccc(S(N)(=O)=O)cc3)CC2)cc1. The number of primary sulfonamides is 1. The molecule has 0 radical (unpaired) electrons. The fourth-order valence-corrected chi connectivity index (χ4v) is 3.95. The van der Waals surface area contributed by atoms with Crippen molar-refractivity contribution in [3.8, 4) is 0 Å². The van der Waals surface area contributed by atoms with Gasteiger partial charge >= 0.3 is 0 Å². The zero-order chi connectivity index (χ0) is 22.4. The van der Waals surface area contributed by atoms with Crippen LogP contribution in [-0.4, -0.2) is 62.8 Å². The zero-order valence-electron chi connectivity index (χ0n) is 17.6. The van der Waals surface area contributed by atoms with E-state index in [0.29, 0.717) is 38.3 Å². The Labute approximate surface area is 183 Å². The van der Waals surface area contributed by atoms with Gasteiger partial charge in [-0.1, -0.05) is 31.2 Å². The molecule has 1 aliphatic heterocycles. The summed E-state index contributed by atoms with van der Waals surface area (Å²) >= 11 is 0. The Bertz CT molecular complexity index is 1010. The Morgan fingerprint density at radius 3 is 2.06 bits per heavy atom. The standard InChI is InChI=1S/C22H28N4O4S/c1-2-17-3-7-19(8-4-17)22(28)26-13-11-25(12-14-26)16-21(27)24-15-18-5-9-20(10-6-18)31(23,29)30/h3-10H,2,11-16H2,1H3,(H,24,27)(H2,23,29,30). The minimum atomic E-state index is -3.72. The van der Waals surface area contributed by atoms with Crippen molar-refractivity contribution >= 4 is 21.8 Å². The smallest absolute Gasteiger partial charge is 0.253 e. The van der Waals surface area contributed by atoms with E-state index in [-0.39, 0.29) is 23.3 Å². The molecule has 9 heteroatoms. The topological polar surface area (TPSA) is 113 Å². The summed E-state index contributed by atoms with van der Waals surface area (Å²) in [4.78, 5) is 28.8. The average Bonchev–Trinajstić information content (AvgIpc) is 2.77. The Kier molecular flexibility index (Phi) is 7.42. The van der Waals surface area contributed by atoms with Crippen LogP contribution in [0.5, 0.6) is 0 Å². The number of hydrogen-bond donors (Lipinski definition) is 2. The number of nitrogens with one attached hydrogen (secondary N) is 1. The molecule has 1 heterocycles. The predicted molar refractivity (Wildman–Crippen MR) is 118 cm³/mol. The number of sulfonamides is 1. The Hall–Kier alpha value is -2.75. The Morgan fingerprint density at radius 1 is 0.935 bits per heavy atom. The van der Waals surface area contributed by atoms with E-state index < -0.39 is 10.0 Å². The molecule has 1 saturated heterocycles. The molecule has 0 spiro atoms. The van der Waals surface area contributed by atoms with Gasteiger partial charge in [0.05, 0.1) is 11.4 Å². The molecule has 0 saturated carbocycles. The normalized spacial score (nSPS) is 15.0. The molecule has 2 aromatic carbocycles. The van der Waals surface area contributed by atoms with E-state index in [2.05, 4.69) is 12.2 Å². The number of carbonyl (C=O) groups excluding carboxylic acids is 2. The number of nitrogens with zero attached hydrogens (tertiary/aromatic N) is 2. The maximum absolute atomic E-state index is 12.7. The minimum absolute atomic E-state index is 0.0229. The van der Waals surface area contributed by atoms with Crippen molar-refractivity contribution < 1.29 is 18.0 Å². The van der Waals surface area contributed by atoms with Crippen LogP contribution in [0, 0.1) is 0 Å². The van der Waals surface area contributed by atoms with Crippen LogP contribution in [0.1, 0.15) is 28.4 Å². The van der Waals surface area contributed by atoms with E-state index >= 15 is 0 Å². The highest BCUT2D eigenvalue weighted by Gasteiger charge is 2.23. The third-order valence-electron chi connectivity index (χ3n) is 5.38. The van der Waals surface area contributed by atoms with Gasteiger partial charge in [-0.05, 0) is 41.8 Å². The molecule has 2 aromatic rings. The fraction of sp³-hybridized carbons (Fsp3) is 0.364. The van der Waals surface area contributed by atoms with Crippen LogP contribution in [0.25, 0.3) is 0 Å². The van der Waals surface area contributed by atoms with Crippen molar-refractivity contribution in [2.75, 3.05) is 32.7 Å². The first kappa shape index (κ1) is 22.9. The molecule has 2 amide bonds. The molecule has 0 bridgehead atoms. The molecule has 0 atom stereocenters. The predicted octanol–water partition coefficient (Wildman–Crippen LogP) is 0.971. The van der Waals surface area contributed by atoms with Crippen LogP contribution in [0.2, 0.25) is 0 Å². The first-order valence-corrected chi connectivity index (χ1v) is 11.8. The average molecular weight is 445 g/mol. The maximum atomic E-state index is 12.7. The number of rotatable bonds is 7. The van der Waals surface area contributed by atoms with Crippen molar-refractivity contribution in [3.05, 3.63) is 65.2 Å². The van der Waals surface area contributed by atoms with Gasteiger partial charge in [0.1, 0.15) is 0 Å². The second-order valence-electron chi connectivity index (χ2n) is 7.58. The highest BCUT2D eigenvalue weighted by atomic mass is 32.2. The first-order valence-electron chi connectivity index (χ1n) is 10.3. The third kappa shape index (κ3) is 6.36. The number of amides is 2. The number of hydrogen-bond acceptors (Lipinski definition) is 5. The molecule has 31 heavy (non-hydrogen) atoms. The van der Waals surface area contributed by atoms with E-state index in [0.717, 1.165) is 12.0 Å². The van der Waals surface area contributed by atoms with Crippen molar-refractivity contribution in [1.29, 1.82) is 0 Å². The quantitative estimate of drug-likeness (QED) is 0.661. The van der Waals surface area contributed by atoms with Gasteiger partial charge in [0, 0.05) is 38.3 Å². The van der Waals surface area contributed by atoms with Crippen LogP contribution >= 0.6 is 0 Å². The highest BCUT2D eigenvalue weighted by Crippen LogP contribution is 2.11. The van der Waals surface area contributed by atoms with E-state index in [1.54, 1.807) is 12.1 Å². The lowest BCUT2D eigenvalue weighted by atomic mass is 10.1. The summed E-state index contributed by atoms with van der Waals surface area (Å²) in [7, 11) is -3.72. The molecule has 0 aromatic heterocycles. The summed E-state index contributed by atoms with van der Waals surface area (Å²) in [5.74, 6) is -0.0971. The van der Waals surface area contributed by atoms with Crippen molar-refractivity contribution in [3.63, 3.8) is 0 Å². The molecular weight excluding hydrogens is 416 g/mol. The van der Waals surface area contributed by atoms with Crippen molar-refractivity contribution in [2.24, 2.45) is 5.14 Å². The monoisotopic (exact) mass is 444 g/mol. The van der Waals surface area contributed by atoms with E-state index in [4.69, 9.17) is 5.14 Å². The molecule has 1 fully saturated rings. The molecule has 166 valence electrons. The van der Waals surface area contributed by atoms with Gasteiger partial charge < -0.3 is 10.2 Å². The summed E-state index contributed by atoms with van der Waals surface area (Å²) in [6.07, 6.45) is 0.941. The van der Waals surface area contributed by atoms with Crippen LogP contribution in [-0.2, 0) is 27.8 Å². The van der Waals surface area contributed by atoms with E-state index in [1.165, 1.54) is 17.7 Å². The van der Waals surface area contributed by atoms with Crippen LogP contribution in [0.15, 0.2) is 53.4 Å². The molecule has 0 unspecified atom stereocenters. The first-order chi connectivity index (χ1) is 14.8. The summed E-state index contributed by atoms with van der Waals surface area (Å²) in [5, 5.41) is 7.91. The molecule has 1 aliphatic rings. The van der Waals surface area contributed by atoms with Crippen LogP contribution < -0.4 is 10.5 Å². The number of aryl methyl sites for hydroxylation is 1. The lowest BCUT2D eigenvalue weighted by molar-refractivity contribution is -0.122. The number of benzene rings is 2. The van der Waals surface area contributed by atoms with E-state index in [1.807, 2.05) is 34.1 Å². The van der Waals surface area contributed by atoms with E-state index in [9.17, 15) is 18.0 Å². The second-order valence-corrected chi connectivity index (χ2v) is 9.15. The lowest BCUT2D eigenvalue weighted by Crippen LogP contribution is -2.51. The summed E-state index contributed by atoms with van der Waals surface area (Å²) in [6, 6.07) is 13.8.